The third-order valence-electron chi connectivity index (χ3n) is 6.31. The topological polar surface area (TPSA) is 102 Å². The Morgan fingerprint density at radius 1 is 1.20 bits per heavy atom. The van der Waals surface area contributed by atoms with Gasteiger partial charge in [0.1, 0.15) is 18.5 Å². The Morgan fingerprint density at radius 3 is 2.63 bits per heavy atom. The average molecular weight is 523 g/mol. The van der Waals surface area contributed by atoms with Crippen molar-refractivity contribution in [1.29, 1.82) is 0 Å². The zero-order chi connectivity index (χ0) is 25.2. The number of nitrogens with zero attached hydrogens (tertiary/aromatic N) is 4. The van der Waals surface area contributed by atoms with E-state index in [0.29, 0.717) is 11.5 Å². The van der Waals surface area contributed by atoms with Gasteiger partial charge in [-0.25, -0.2) is 12.7 Å². The van der Waals surface area contributed by atoms with Crippen LogP contribution in [0.1, 0.15) is 56.3 Å². The lowest BCUT2D eigenvalue weighted by molar-refractivity contribution is 0.0447. The zero-order valence-electron chi connectivity index (χ0n) is 20.2. The van der Waals surface area contributed by atoms with Gasteiger partial charge in [-0.3, -0.25) is 4.79 Å². The molecule has 1 aromatic carbocycles. The number of amides is 1. The van der Waals surface area contributed by atoms with Crippen molar-refractivity contribution >= 4 is 33.5 Å². The van der Waals surface area contributed by atoms with Gasteiger partial charge in [-0.2, -0.15) is 9.97 Å². The number of ether oxygens (including phenoxy) is 2. The van der Waals surface area contributed by atoms with E-state index < -0.39 is 10.0 Å². The van der Waals surface area contributed by atoms with Gasteiger partial charge in [0.2, 0.25) is 11.8 Å². The van der Waals surface area contributed by atoms with Gasteiger partial charge in [-0.15, -0.1) is 0 Å². The van der Waals surface area contributed by atoms with Gasteiger partial charge in [0.15, 0.2) is 0 Å². The average Bonchev–Trinajstić information content (AvgIpc) is 3.34. The highest BCUT2D eigenvalue weighted by Gasteiger charge is 2.36. The molecule has 2 heterocycles. The van der Waals surface area contributed by atoms with E-state index in [1.165, 1.54) is 25.3 Å². The summed E-state index contributed by atoms with van der Waals surface area (Å²) < 4.78 is 39.3. The number of methoxy groups -OCH3 is 1. The number of carbonyl (C=O) groups excluding carboxylic acids is 1. The first-order valence-corrected chi connectivity index (χ1v) is 13.6. The van der Waals surface area contributed by atoms with Gasteiger partial charge in [-0.05, 0) is 43.4 Å². The van der Waals surface area contributed by atoms with E-state index >= 15 is 0 Å². The minimum Gasteiger partial charge on any atom is -0.475 e. The van der Waals surface area contributed by atoms with Crippen LogP contribution in [0.15, 0.2) is 35.2 Å². The normalized spacial score (nSPS) is 20.8. The van der Waals surface area contributed by atoms with Gasteiger partial charge in [0, 0.05) is 24.8 Å². The summed E-state index contributed by atoms with van der Waals surface area (Å²) in [5, 5.41) is 0.0362. The summed E-state index contributed by atoms with van der Waals surface area (Å²) in [6.07, 6.45) is 4.64. The number of anilines is 1. The Hall–Kier alpha value is -2.43. The molecule has 1 aromatic heterocycles. The van der Waals surface area contributed by atoms with E-state index in [-0.39, 0.29) is 53.2 Å². The van der Waals surface area contributed by atoms with E-state index in [4.69, 9.17) is 21.1 Å². The molecule has 0 radical (unpaired) electrons. The van der Waals surface area contributed by atoms with Crippen molar-refractivity contribution in [2.45, 2.75) is 62.9 Å². The maximum absolute atomic E-state index is 13.9. The van der Waals surface area contributed by atoms with Gasteiger partial charge in [0.05, 0.1) is 10.9 Å². The second kappa shape index (κ2) is 10.7. The highest BCUT2D eigenvalue weighted by atomic mass is 35.5. The first-order valence-electron chi connectivity index (χ1n) is 11.8. The Labute approximate surface area is 211 Å². The first-order chi connectivity index (χ1) is 16.7. The molecule has 11 heteroatoms. The van der Waals surface area contributed by atoms with Crippen molar-refractivity contribution in [3.05, 3.63) is 41.0 Å². The molecule has 1 aliphatic heterocycles. The SMILES string of the molecule is COCN1c2nc(Cl)cc(n2)OC[C@@H](CC(C)C)N(C2CCCC2)C(=O)c2cccc(c2)S1(=O)=O. The van der Waals surface area contributed by atoms with Crippen molar-refractivity contribution in [2.75, 3.05) is 24.8 Å². The molecule has 2 aromatic rings. The summed E-state index contributed by atoms with van der Waals surface area (Å²) in [6, 6.07) is 7.38. The van der Waals surface area contributed by atoms with Crippen LogP contribution in [0.3, 0.4) is 0 Å². The highest BCUT2D eigenvalue weighted by Crippen LogP contribution is 2.31. The molecule has 0 saturated heterocycles. The summed E-state index contributed by atoms with van der Waals surface area (Å²) in [6.45, 7) is 4.07. The fourth-order valence-corrected chi connectivity index (χ4v) is 6.28. The number of fused-ring (bicyclic) bond motifs is 4. The Kier molecular flexibility index (Phi) is 7.83. The summed E-state index contributed by atoms with van der Waals surface area (Å²) in [5.41, 5.74) is 0.314. The van der Waals surface area contributed by atoms with Crippen LogP contribution in [0, 0.1) is 5.92 Å². The lowest BCUT2D eigenvalue weighted by Crippen LogP contribution is -2.49. The third-order valence-corrected chi connectivity index (χ3v) is 8.20. The minimum absolute atomic E-state index is 0.0362. The van der Waals surface area contributed by atoms with Crippen molar-refractivity contribution in [3.8, 4) is 5.88 Å². The van der Waals surface area contributed by atoms with Crippen molar-refractivity contribution in [3.63, 3.8) is 0 Å². The molecule has 190 valence electrons. The Bertz CT molecular complexity index is 1170. The maximum Gasteiger partial charge on any atom is 0.268 e. The molecule has 4 rings (SSSR count). The van der Waals surface area contributed by atoms with Crippen molar-refractivity contribution < 1.29 is 22.7 Å². The van der Waals surface area contributed by atoms with Crippen LogP contribution in [0.5, 0.6) is 5.88 Å². The number of halogens is 1. The van der Waals surface area contributed by atoms with Crippen LogP contribution >= 0.6 is 11.6 Å². The molecular formula is C24H31ClN4O5S. The van der Waals surface area contributed by atoms with E-state index in [1.807, 2.05) is 4.90 Å². The number of aromatic nitrogens is 2. The molecule has 1 saturated carbocycles. The molecule has 0 N–H and O–H groups in total. The lowest BCUT2D eigenvalue weighted by atomic mass is 9.99. The van der Waals surface area contributed by atoms with Crippen LogP contribution in [0.4, 0.5) is 5.95 Å². The quantitative estimate of drug-likeness (QED) is 0.544. The summed E-state index contributed by atoms with van der Waals surface area (Å²) >= 11 is 6.23. The second-order valence-corrected chi connectivity index (χ2v) is 11.6. The molecular weight excluding hydrogens is 492 g/mol. The van der Waals surface area contributed by atoms with Crippen LogP contribution < -0.4 is 9.04 Å². The maximum atomic E-state index is 13.9. The van der Waals surface area contributed by atoms with Crippen LogP contribution in [0.2, 0.25) is 5.15 Å². The fraction of sp³-hybridized carbons (Fsp3) is 0.542. The molecule has 1 aliphatic carbocycles. The minimum atomic E-state index is -4.17. The second-order valence-electron chi connectivity index (χ2n) is 9.37. The molecule has 0 spiro atoms. The molecule has 1 fully saturated rings. The van der Waals surface area contributed by atoms with E-state index in [2.05, 4.69) is 23.8 Å². The highest BCUT2D eigenvalue weighted by molar-refractivity contribution is 7.92. The number of hydrogen-bond acceptors (Lipinski definition) is 7. The largest absolute Gasteiger partial charge is 0.475 e. The van der Waals surface area contributed by atoms with Crippen LogP contribution in [-0.4, -0.2) is 61.7 Å². The van der Waals surface area contributed by atoms with Crippen LogP contribution in [-0.2, 0) is 14.8 Å². The van der Waals surface area contributed by atoms with Gasteiger partial charge in [0.25, 0.3) is 15.9 Å². The molecule has 35 heavy (non-hydrogen) atoms. The van der Waals surface area contributed by atoms with E-state index in [0.717, 1.165) is 36.4 Å². The van der Waals surface area contributed by atoms with Crippen molar-refractivity contribution in [1.82, 2.24) is 14.9 Å². The van der Waals surface area contributed by atoms with E-state index in [9.17, 15) is 13.2 Å². The molecule has 0 unspecified atom stereocenters. The predicted octanol–water partition coefficient (Wildman–Crippen LogP) is 4.12. The summed E-state index contributed by atoms with van der Waals surface area (Å²) in [5.74, 6) is 0.0780. The zero-order valence-corrected chi connectivity index (χ0v) is 21.8. The summed E-state index contributed by atoms with van der Waals surface area (Å²) in [7, 11) is -2.80. The molecule has 9 nitrogen and oxygen atoms in total. The lowest BCUT2D eigenvalue weighted by Gasteiger charge is -2.37. The number of benzene rings is 1. The molecule has 1 atom stereocenters. The number of sulfonamides is 1. The Balaban J connectivity index is 1.90. The predicted molar refractivity (Wildman–Crippen MR) is 132 cm³/mol. The Morgan fingerprint density at radius 2 is 1.94 bits per heavy atom. The van der Waals surface area contributed by atoms with Crippen LogP contribution in [0.25, 0.3) is 0 Å². The fourth-order valence-electron chi connectivity index (χ4n) is 4.79. The third kappa shape index (κ3) is 5.54. The number of hydrogen-bond donors (Lipinski definition) is 0. The van der Waals surface area contributed by atoms with Gasteiger partial charge < -0.3 is 14.4 Å². The molecule has 2 aliphatic rings. The summed E-state index contributed by atoms with van der Waals surface area (Å²) in [4.78, 5) is 24.2. The smallest absolute Gasteiger partial charge is 0.268 e. The molecule has 1 amide bonds. The van der Waals surface area contributed by atoms with E-state index in [1.54, 1.807) is 12.1 Å². The van der Waals surface area contributed by atoms with Crippen molar-refractivity contribution in [2.24, 2.45) is 5.92 Å². The van der Waals surface area contributed by atoms with Gasteiger partial charge in [-0.1, -0.05) is 44.4 Å². The number of carbonyl (C=O) groups is 1. The first kappa shape index (κ1) is 25.7. The molecule has 4 bridgehead atoms. The van der Waals surface area contributed by atoms with Gasteiger partial charge >= 0.3 is 0 Å². The monoisotopic (exact) mass is 522 g/mol. The standard InChI is InChI=1S/C24H31ClN4O5S/c1-16(2)11-19-14-34-22-13-21(25)26-24(27-22)28(15-33-3)35(31,32)20-10-6-7-17(12-20)23(30)29(19)18-8-4-5-9-18/h6-7,10,12-13,16,18-19H,4-5,8-9,11,14-15H2,1-3H3/t19-/m1/s1. The number of rotatable bonds is 5.